The molecule has 1 rings (SSSR count). The van der Waals surface area contributed by atoms with Gasteiger partial charge in [-0.05, 0) is 12.1 Å². The van der Waals surface area contributed by atoms with E-state index in [-0.39, 0.29) is 11.5 Å². The Kier molecular flexibility index (Phi) is 5.35. The van der Waals surface area contributed by atoms with Gasteiger partial charge in [-0.2, -0.15) is 4.31 Å². The molecule has 1 aromatic rings. The number of hydrogen-bond donors (Lipinski definition) is 1. The van der Waals surface area contributed by atoms with E-state index in [0.29, 0.717) is 18.7 Å². The van der Waals surface area contributed by atoms with E-state index in [1.54, 1.807) is 32.0 Å². The predicted octanol–water partition coefficient (Wildman–Crippen LogP) is 1.06. The number of aliphatic hydroxyl groups excluding tert-OH is 1. The molecule has 0 radical (unpaired) electrons. The molecule has 1 N–H and O–H groups in total. The summed E-state index contributed by atoms with van der Waals surface area (Å²) in [7, 11) is -3.51. The molecule has 0 aliphatic heterocycles. The summed E-state index contributed by atoms with van der Waals surface area (Å²) in [5, 5.41) is 8.69. The summed E-state index contributed by atoms with van der Waals surface area (Å²) < 4.78 is 26.1. The van der Waals surface area contributed by atoms with E-state index in [9.17, 15) is 8.42 Å². The second-order valence-electron chi connectivity index (χ2n) is 3.55. The maximum atomic E-state index is 12.4. The fourth-order valence-corrected chi connectivity index (χ4v) is 3.24. The largest absolute Gasteiger partial charge is 0.384 e. The second kappa shape index (κ2) is 6.55. The van der Waals surface area contributed by atoms with E-state index >= 15 is 0 Å². The van der Waals surface area contributed by atoms with Gasteiger partial charge in [-0.15, -0.1) is 0 Å². The Labute approximate surface area is 108 Å². The Morgan fingerprint density at radius 1 is 1.22 bits per heavy atom. The van der Waals surface area contributed by atoms with E-state index in [1.165, 1.54) is 10.4 Å². The summed E-state index contributed by atoms with van der Waals surface area (Å²) in [6.07, 6.45) is 0. The molecule has 0 fully saturated rings. The molecule has 0 unspecified atom stereocenters. The van der Waals surface area contributed by atoms with Gasteiger partial charge in [0.25, 0.3) is 0 Å². The number of aliphatic hydroxyl groups is 1. The molecule has 0 saturated heterocycles. The highest BCUT2D eigenvalue weighted by atomic mass is 32.2. The van der Waals surface area contributed by atoms with Crippen LogP contribution in [-0.2, 0) is 10.0 Å². The molecule has 0 saturated carbocycles. The monoisotopic (exact) mass is 267 g/mol. The predicted molar refractivity (Wildman–Crippen MR) is 70.5 cm³/mol. The highest BCUT2D eigenvalue weighted by Crippen LogP contribution is 2.19. The Morgan fingerprint density at radius 3 is 2.39 bits per heavy atom. The molecule has 4 nitrogen and oxygen atoms in total. The standard InChI is InChI=1S/C13H17NO3S/c1-3-14(4-2)18(16,17)13-10-6-5-8-12(13)9-7-11-15/h5-6,8,10,15H,3-4,11H2,1-2H3. The van der Waals surface area contributed by atoms with Gasteiger partial charge in [0.05, 0.1) is 4.90 Å². The van der Waals surface area contributed by atoms with Crippen LogP contribution in [0.5, 0.6) is 0 Å². The minimum atomic E-state index is -3.51. The average molecular weight is 267 g/mol. The van der Waals surface area contributed by atoms with Crippen LogP contribution in [0.1, 0.15) is 19.4 Å². The molecular weight excluding hydrogens is 250 g/mol. The van der Waals surface area contributed by atoms with Crippen LogP contribution in [0.3, 0.4) is 0 Å². The van der Waals surface area contributed by atoms with Gasteiger partial charge in [0.2, 0.25) is 10.0 Å². The van der Waals surface area contributed by atoms with Gasteiger partial charge in [0.15, 0.2) is 0 Å². The lowest BCUT2D eigenvalue weighted by Crippen LogP contribution is -2.31. The quantitative estimate of drug-likeness (QED) is 0.830. The highest BCUT2D eigenvalue weighted by molar-refractivity contribution is 7.89. The van der Waals surface area contributed by atoms with E-state index in [2.05, 4.69) is 11.8 Å². The van der Waals surface area contributed by atoms with Crippen molar-refractivity contribution < 1.29 is 13.5 Å². The minimum Gasteiger partial charge on any atom is -0.384 e. The maximum absolute atomic E-state index is 12.4. The van der Waals surface area contributed by atoms with Crippen molar-refractivity contribution in [2.24, 2.45) is 0 Å². The first kappa shape index (κ1) is 14.7. The van der Waals surface area contributed by atoms with Crippen molar-refractivity contribution in [3.05, 3.63) is 29.8 Å². The molecule has 1 aromatic carbocycles. The minimum absolute atomic E-state index is 0.189. The lowest BCUT2D eigenvalue weighted by atomic mass is 10.2. The molecule has 0 bridgehead atoms. The Balaban J connectivity index is 3.32. The zero-order valence-electron chi connectivity index (χ0n) is 10.5. The van der Waals surface area contributed by atoms with Crippen molar-refractivity contribution in [3.8, 4) is 11.8 Å². The van der Waals surface area contributed by atoms with Gasteiger partial charge in [0, 0.05) is 18.7 Å². The lowest BCUT2D eigenvalue weighted by molar-refractivity contribution is 0.350. The first-order valence-electron chi connectivity index (χ1n) is 5.76. The molecule has 0 atom stereocenters. The van der Waals surface area contributed by atoms with Gasteiger partial charge in [0.1, 0.15) is 6.61 Å². The fourth-order valence-electron chi connectivity index (χ4n) is 1.63. The summed E-state index contributed by atoms with van der Waals surface area (Å²) in [5.41, 5.74) is 0.415. The maximum Gasteiger partial charge on any atom is 0.244 e. The van der Waals surface area contributed by atoms with E-state index in [1.807, 2.05) is 0 Å². The summed E-state index contributed by atoms with van der Waals surface area (Å²) in [4.78, 5) is 0.189. The van der Waals surface area contributed by atoms with Crippen molar-refractivity contribution in [2.75, 3.05) is 19.7 Å². The van der Waals surface area contributed by atoms with Crippen LogP contribution >= 0.6 is 0 Å². The smallest absolute Gasteiger partial charge is 0.244 e. The van der Waals surface area contributed by atoms with Crippen LogP contribution in [0.4, 0.5) is 0 Å². The molecule has 0 amide bonds. The van der Waals surface area contributed by atoms with Gasteiger partial charge < -0.3 is 5.11 Å². The van der Waals surface area contributed by atoms with E-state index in [4.69, 9.17) is 5.11 Å². The third kappa shape index (κ3) is 3.10. The van der Waals surface area contributed by atoms with E-state index < -0.39 is 10.0 Å². The molecule has 0 aliphatic carbocycles. The molecule has 18 heavy (non-hydrogen) atoms. The zero-order chi connectivity index (χ0) is 13.6. The van der Waals surface area contributed by atoms with Crippen LogP contribution in [0.25, 0.3) is 0 Å². The topological polar surface area (TPSA) is 57.6 Å². The van der Waals surface area contributed by atoms with Gasteiger partial charge >= 0.3 is 0 Å². The summed E-state index contributed by atoms with van der Waals surface area (Å²) in [5.74, 6) is 5.14. The van der Waals surface area contributed by atoms with Gasteiger partial charge in [-0.1, -0.05) is 37.8 Å². The lowest BCUT2D eigenvalue weighted by Gasteiger charge is -2.19. The van der Waals surface area contributed by atoms with Crippen LogP contribution in [0, 0.1) is 11.8 Å². The SMILES string of the molecule is CCN(CC)S(=O)(=O)c1ccccc1C#CCO. The Hall–Kier alpha value is -1.35. The number of sulfonamides is 1. The molecule has 98 valence electrons. The highest BCUT2D eigenvalue weighted by Gasteiger charge is 2.23. The molecule has 0 aromatic heterocycles. The Bertz CT molecular complexity index is 551. The summed E-state index contributed by atoms with van der Waals surface area (Å²) in [6.45, 7) is 4.13. The third-order valence-corrected chi connectivity index (χ3v) is 4.62. The second-order valence-corrected chi connectivity index (χ2v) is 5.45. The molecule has 0 heterocycles. The van der Waals surface area contributed by atoms with Crippen LogP contribution in [0.2, 0.25) is 0 Å². The molecule has 0 aliphatic rings. The van der Waals surface area contributed by atoms with Crippen molar-refractivity contribution in [1.29, 1.82) is 0 Å². The fraction of sp³-hybridized carbons (Fsp3) is 0.385. The Morgan fingerprint density at radius 2 is 1.83 bits per heavy atom. The van der Waals surface area contributed by atoms with Crippen molar-refractivity contribution in [1.82, 2.24) is 4.31 Å². The van der Waals surface area contributed by atoms with Crippen LogP contribution in [-0.4, -0.2) is 37.5 Å². The van der Waals surface area contributed by atoms with Crippen LogP contribution in [0.15, 0.2) is 29.2 Å². The van der Waals surface area contributed by atoms with Crippen molar-refractivity contribution in [2.45, 2.75) is 18.7 Å². The summed E-state index contributed by atoms with van der Waals surface area (Å²) >= 11 is 0. The number of benzene rings is 1. The first-order chi connectivity index (χ1) is 8.57. The van der Waals surface area contributed by atoms with Crippen LogP contribution < -0.4 is 0 Å². The number of nitrogens with zero attached hydrogens (tertiary/aromatic N) is 1. The third-order valence-electron chi connectivity index (χ3n) is 2.51. The molecular formula is C13H17NO3S. The molecule has 0 spiro atoms. The normalized spacial score (nSPS) is 11.1. The average Bonchev–Trinajstić information content (AvgIpc) is 2.37. The zero-order valence-corrected chi connectivity index (χ0v) is 11.4. The summed E-state index contributed by atoms with van der Waals surface area (Å²) in [6, 6.07) is 6.57. The van der Waals surface area contributed by atoms with E-state index in [0.717, 1.165) is 0 Å². The van der Waals surface area contributed by atoms with Gasteiger partial charge in [-0.3, -0.25) is 0 Å². The van der Waals surface area contributed by atoms with Crippen molar-refractivity contribution in [3.63, 3.8) is 0 Å². The molecule has 5 heteroatoms. The van der Waals surface area contributed by atoms with Crippen molar-refractivity contribution >= 4 is 10.0 Å². The first-order valence-corrected chi connectivity index (χ1v) is 7.20. The number of hydrogen-bond acceptors (Lipinski definition) is 3. The number of rotatable bonds is 4. The van der Waals surface area contributed by atoms with Gasteiger partial charge in [-0.25, -0.2) is 8.42 Å².